The number of aromatic nitrogens is 2. The van der Waals surface area contributed by atoms with Gasteiger partial charge in [0, 0.05) is 11.8 Å². The van der Waals surface area contributed by atoms with Crippen LogP contribution in [0.25, 0.3) is 16.9 Å². The first-order valence-electron chi connectivity index (χ1n) is 8.36. The van der Waals surface area contributed by atoms with Crippen LogP contribution in [0.3, 0.4) is 0 Å². The van der Waals surface area contributed by atoms with Gasteiger partial charge in [-0.2, -0.15) is 0 Å². The molecule has 0 bridgehead atoms. The zero-order valence-corrected chi connectivity index (χ0v) is 14.3. The molecule has 0 aliphatic rings. The van der Waals surface area contributed by atoms with E-state index >= 15 is 0 Å². The van der Waals surface area contributed by atoms with Crippen LogP contribution in [0.1, 0.15) is 37.4 Å². The lowest BCUT2D eigenvalue weighted by molar-refractivity contribution is -0.145. The number of ether oxygens (including phenoxy) is 1. The van der Waals surface area contributed by atoms with E-state index in [2.05, 4.69) is 0 Å². The van der Waals surface area contributed by atoms with Crippen molar-refractivity contribution >= 4 is 11.6 Å². The number of esters is 1. The fourth-order valence-corrected chi connectivity index (χ4v) is 3.02. The summed E-state index contributed by atoms with van der Waals surface area (Å²) >= 11 is 0. The fourth-order valence-electron chi connectivity index (χ4n) is 3.02. The zero-order valence-electron chi connectivity index (χ0n) is 14.3. The van der Waals surface area contributed by atoms with Crippen LogP contribution in [-0.2, 0) is 9.53 Å². The molecule has 0 spiro atoms. The molecule has 4 nitrogen and oxygen atoms in total. The van der Waals surface area contributed by atoms with Gasteiger partial charge in [-0.3, -0.25) is 4.79 Å². The van der Waals surface area contributed by atoms with Crippen molar-refractivity contribution in [3.63, 3.8) is 0 Å². The predicted molar refractivity (Wildman–Crippen MR) is 95.0 cm³/mol. The van der Waals surface area contributed by atoms with Crippen LogP contribution < -0.4 is 0 Å². The zero-order chi connectivity index (χ0) is 17.1. The summed E-state index contributed by atoms with van der Waals surface area (Å²) in [6.07, 6.45) is 2.65. The van der Waals surface area contributed by atoms with Gasteiger partial charge in [0.15, 0.2) is 0 Å². The summed E-state index contributed by atoms with van der Waals surface area (Å²) in [4.78, 5) is 17.3. The van der Waals surface area contributed by atoms with Gasteiger partial charge >= 0.3 is 5.97 Å². The highest BCUT2D eigenvalue weighted by molar-refractivity contribution is 5.82. The van der Waals surface area contributed by atoms with Gasteiger partial charge in [-0.15, -0.1) is 0 Å². The summed E-state index contributed by atoms with van der Waals surface area (Å²) in [7, 11) is 0. The van der Waals surface area contributed by atoms with Crippen molar-refractivity contribution in [1.29, 1.82) is 0 Å². The molecular weight excluding hydrogens is 300 g/mol. The van der Waals surface area contributed by atoms with E-state index in [1.54, 1.807) is 0 Å². The van der Waals surface area contributed by atoms with Crippen LogP contribution in [0.15, 0.2) is 48.7 Å². The Morgan fingerprint density at radius 2 is 1.96 bits per heavy atom. The Morgan fingerprint density at radius 3 is 2.62 bits per heavy atom. The number of hydrogen-bond donors (Lipinski definition) is 0. The van der Waals surface area contributed by atoms with Crippen molar-refractivity contribution in [3.8, 4) is 11.3 Å². The lowest BCUT2D eigenvalue weighted by Crippen LogP contribution is -2.17. The first-order valence-corrected chi connectivity index (χ1v) is 8.36. The molecule has 0 saturated carbocycles. The molecular formula is C20H22N2O2. The van der Waals surface area contributed by atoms with E-state index in [-0.39, 0.29) is 11.9 Å². The first-order chi connectivity index (χ1) is 11.7. The highest BCUT2D eigenvalue weighted by Crippen LogP contribution is 2.32. The van der Waals surface area contributed by atoms with E-state index in [0.29, 0.717) is 13.0 Å². The van der Waals surface area contributed by atoms with E-state index < -0.39 is 0 Å². The Bertz CT molecular complexity index is 853. The Hall–Kier alpha value is -2.62. The second-order valence-corrected chi connectivity index (χ2v) is 5.86. The van der Waals surface area contributed by atoms with Crippen LogP contribution in [0.4, 0.5) is 0 Å². The number of imidazole rings is 1. The third-order valence-electron chi connectivity index (χ3n) is 4.18. The van der Waals surface area contributed by atoms with Crippen molar-refractivity contribution < 1.29 is 9.53 Å². The second kappa shape index (κ2) is 6.87. The summed E-state index contributed by atoms with van der Waals surface area (Å²) in [5.74, 6) is -0.530. The van der Waals surface area contributed by atoms with E-state index in [9.17, 15) is 4.79 Å². The van der Waals surface area contributed by atoms with Gasteiger partial charge in [0.25, 0.3) is 0 Å². The van der Waals surface area contributed by atoms with E-state index in [1.165, 1.54) is 0 Å². The largest absolute Gasteiger partial charge is 0.465 e. The lowest BCUT2D eigenvalue weighted by atomic mass is 9.97. The van der Waals surface area contributed by atoms with Gasteiger partial charge in [0.1, 0.15) is 5.65 Å². The smallest absolute Gasteiger partial charge is 0.315 e. The summed E-state index contributed by atoms with van der Waals surface area (Å²) in [5, 5.41) is 0. The van der Waals surface area contributed by atoms with Gasteiger partial charge < -0.3 is 9.14 Å². The van der Waals surface area contributed by atoms with E-state index in [1.807, 2.05) is 73.8 Å². The molecule has 0 aliphatic heterocycles. The third kappa shape index (κ3) is 2.92. The van der Waals surface area contributed by atoms with Crippen molar-refractivity contribution in [2.24, 2.45) is 0 Å². The number of hydrogen-bond acceptors (Lipinski definition) is 3. The molecule has 0 aliphatic carbocycles. The van der Waals surface area contributed by atoms with Gasteiger partial charge in [0.2, 0.25) is 0 Å². The van der Waals surface area contributed by atoms with Crippen LogP contribution >= 0.6 is 0 Å². The van der Waals surface area contributed by atoms with Crippen LogP contribution in [0.2, 0.25) is 0 Å². The maximum absolute atomic E-state index is 12.5. The quantitative estimate of drug-likeness (QED) is 0.655. The monoisotopic (exact) mass is 322 g/mol. The topological polar surface area (TPSA) is 43.6 Å². The molecule has 124 valence electrons. The summed E-state index contributed by atoms with van der Waals surface area (Å²) < 4.78 is 7.32. The van der Waals surface area contributed by atoms with Crippen LogP contribution in [-0.4, -0.2) is 22.0 Å². The normalized spacial score (nSPS) is 12.3. The third-order valence-corrected chi connectivity index (χ3v) is 4.18. The molecule has 24 heavy (non-hydrogen) atoms. The SMILES string of the molecule is CCOC(=O)C(CC)c1c(-c2ccccc2)nc2cc(C)ccn12. The predicted octanol–water partition coefficient (Wildman–Crippen LogP) is 4.37. The van der Waals surface area contributed by atoms with Crippen molar-refractivity contribution in [3.05, 3.63) is 59.9 Å². The first kappa shape index (κ1) is 16.2. The number of rotatable bonds is 5. The number of pyridine rings is 1. The molecule has 1 atom stereocenters. The minimum absolute atomic E-state index is 0.195. The maximum atomic E-state index is 12.5. The number of nitrogens with zero attached hydrogens (tertiary/aromatic N) is 2. The summed E-state index contributed by atoms with van der Waals surface area (Å²) in [6.45, 7) is 6.26. The summed E-state index contributed by atoms with van der Waals surface area (Å²) in [5.41, 5.74) is 4.75. The van der Waals surface area contributed by atoms with Gasteiger partial charge in [-0.25, -0.2) is 4.98 Å². The Balaban J connectivity index is 2.25. The number of carbonyl (C=O) groups is 1. The Morgan fingerprint density at radius 1 is 1.21 bits per heavy atom. The number of carbonyl (C=O) groups excluding carboxylic acids is 1. The second-order valence-electron chi connectivity index (χ2n) is 5.86. The molecule has 3 rings (SSSR count). The Kier molecular flexibility index (Phi) is 4.65. The van der Waals surface area contributed by atoms with Gasteiger partial charge in [-0.1, -0.05) is 37.3 Å². The van der Waals surface area contributed by atoms with Crippen LogP contribution in [0, 0.1) is 6.92 Å². The molecule has 0 fully saturated rings. The van der Waals surface area contributed by atoms with Gasteiger partial charge in [0.05, 0.1) is 23.9 Å². The average Bonchev–Trinajstić information content (AvgIpc) is 2.95. The molecule has 0 saturated heterocycles. The molecule has 1 aromatic carbocycles. The average molecular weight is 322 g/mol. The van der Waals surface area contributed by atoms with Crippen molar-refractivity contribution in [1.82, 2.24) is 9.38 Å². The molecule has 2 heterocycles. The van der Waals surface area contributed by atoms with Crippen molar-refractivity contribution in [2.75, 3.05) is 6.61 Å². The number of fused-ring (bicyclic) bond motifs is 1. The molecule has 0 N–H and O–H groups in total. The molecule has 4 heteroatoms. The number of aryl methyl sites for hydroxylation is 1. The molecule has 3 aromatic rings. The fraction of sp³-hybridized carbons (Fsp3) is 0.300. The molecule has 0 amide bonds. The highest BCUT2D eigenvalue weighted by Gasteiger charge is 2.28. The minimum Gasteiger partial charge on any atom is -0.465 e. The van der Waals surface area contributed by atoms with Crippen molar-refractivity contribution in [2.45, 2.75) is 33.1 Å². The highest BCUT2D eigenvalue weighted by atomic mass is 16.5. The summed E-state index contributed by atoms with van der Waals surface area (Å²) in [6, 6.07) is 14.1. The maximum Gasteiger partial charge on any atom is 0.315 e. The molecule has 2 aromatic heterocycles. The lowest BCUT2D eigenvalue weighted by Gasteiger charge is -2.15. The van der Waals surface area contributed by atoms with Gasteiger partial charge in [-0.05, 0) is 38.0 Å². The number of benzene rings is 1. The molecule has 0 radical (unpaired) electrons. The molecule has 1 unspecified atom stereocenters. The van der Waals surface area contributed by atoms with Crippen LogP contribution in [0.5, 0.6) is 0 Å². The standard InChI is InChI=1S/C20H22N2O2/c1-4-16(20(23)24-5-2)19-18(15-9-7-6-8-10-15)21-17-13-14(3)11-12-22(17)19/h6-13,16H,4-5H2,1-3H3. The minimum atomic E-state index is -0.335. The van der Waals surface area contributed by atoms with E-state index in [4.69, 9.17) is 9.72 Å². The Labute approximate surface area is 142 Å². The van der Waals surface area contributed by atoms with E-state index in [0.717, 1.165) is 28.2 Å².